The number of hydrogen-bond acceptors (Lipinski definition) is 6. The molecule has 0 aromatic carbocycles. The van der Waals surface area contributed by atoms with Crippen LogP contribution in [0.15, 0.2) is 0 Å². The molecule has 1 rings (SSSR count). The summed E-state index contributed by atoms with van der Waals surface area (Å²) in [7, 11) is 0. The Morgan fingerprint density at radius 2 is 1.80 bits per heavy atom. The van der Waals surface area contributed by atoms with Gasteiger partial charge in [-0.1, -0.05) is 6.92 Å². The van der Waals surface area contributed by atoms with Crippen LogP contribution >= 0.6 is 11.8 Å². The van der Waals surface area contributed by atoms with Crippen molar-refractivity contribution in [3.05, 3.63) is 11.4 Å². The third-order valence-corrected chi connectivity index (χ3v) is 3.80. The Balaban J connectivity index is 2.81. The summed E-state index contributed by atoms with van der Waals surface area (Å²) in [5.41, 5.74) is 0.242. The molecule has 0 spiro atoms. The minimum Gasteiger partial charge on any atom is -0.387 e. The largest absolute Gasteiger partial charge is 0.387 e. The molecule has 1 unspecified atom stereocenters. The van der Waals surface area contributed by atoms with E-state index < -0.39 is 5.60 Å². The Labute approximate surface area is 126 Å². The first kappa shape index (κ1) is 17.0. The fourth-order valence-corrected chi connectivity index (χ4v) is 2.58. The van der Waals surface area contributed by atoms with E-state index in [-0.39, 0.29) is 0 Å². The normalized spacial score (nSPS) is 13.9. The first-order chi connectivity index (χ1) is 9.39. The van der Waals surface area contributed by atoms with Crippen molar-refractivity contribution in [1.29, 1.82) is 0 Å². The number of rotatable bonds is 8. The van der Waals surface area contributed by atoms with Crippen molar-refractivity contribution in [2.45, 2.75) is 39.7 Å². The number of hydrogen-bond donors (Lipinski definition) is 3. The average Bonchev–Trinajstić information content (AvgIpc) is 2.37. The molecule has 3 N–H and O–H groups in total. The zero-order valence-corrected chi connectivity index (χ0v) is 13.9. The molecule has 0 aliphatic rings. The second kappa shape index (κ2) is 7.69. The molecule has 1 atom stereocenters. The SMILES string of the molecule is CCCNc1nc(C)nc(NCC(C)(O)CSC)c1C. The predicted octanol–water partition coefficient (Wildman–Crippen LogP) is 2.44. The van der Waals surface area contributed by atoms with Crippen LogP contribution in [-0.4, -0.2) is 45.8 Å². The summed E-state index contributed by atoms with van der Waals surface area (Å²) in [4.78, 5) is 8.85. The van der Waals surface area contributed by atoms with E-state index in [9.17, 15) is 5.11 Å². The highest BCUT2D eigenvalue weighted by molar-refractivity contribution is 7.98. The van der Waals surface area contributed by atoms with Crippen molar-refractivity contribution >= 4 is 23.4 Å². The molecule has 0 radical (unpaired) electrons. The number of aliphatic hydroxyl groups is 1. The van der Waals surface area contributed by atoms with Crippen LogP contribution in [0.4, 0.5) is 11.6 Å². The molecule has 1 heterocycles. The monoisotopic (exact) mass is 298 g/mol. The van der Waals surface area contributed by atoms with Crippen molar-refractivity contribution in [1.82, 2.24) is 9.97 Å². The fourth-order valence-electron chi connectivity index (χ4n) is 1.85. The molecule has 5 nitrogen and oxygen atoms in total. The molecular weight excluding hydrogens is 272 g/mol. The Morgan fingerprint density at radius 1 is 1.20 bits per heavy atom. The van der Waals surface area contributed by atoms with Gasteiger partial charge < -0.3 is 15.7 Å². The molecule has 0 aliphatic carbocycles. The lowest BCUT2D eigenvalue weighted by Crippen LogP contribution is -2.36. The van der Waals surface area contributed by atoms with Crippen molar-refractivity contribution in [2.75, 3.05) is 35.7 Å². The highest BCUT2D eigenvalue weighted by Crippen LogP contribution is 2.21. The molecule has 114 valence electrons. The van der Waals surface area contributed by atoms with E-state index >= 15 is 0 Å². The number of aromatic nitrogens is 2. The van der Waals surface area contributed by atoms with Gasteiger partial charge >= 0.3 is 0 Å². The third-order valence-electron chi connectivity index (χ3n) is 2.89. The number of nitrogens with one attached hydrogen (secondary N) is 2. The van der Waals surface area contributed by atoms with Crippen molar-refractivity contribution < 1.29 is 5.11 Å². The van der Waals surface area contributed by atoms with E-state index in [1.165, 1.54) is 0 Å². The Kier molecular flexibility index (Phi) is 6.55. The van der Waals surface area contributed by atoms with Gasteiger partial charge in [0, 0.05) is 24.4 Å². The Hall–Kier alpha value is -1.01. The van der Waals surface area contributed by atoms with Crippen LogP contribution in [0.25, 0.3) is 0 Å². The zero-order valence-electron chi connectivity index (χ0n) is 13.1. The highest BCUT2D eigenvalue weighted by atomic mass is 32.2. The summed E-state index contributed by atoms with van der Waals surface area (Å²) < 4.78 is 0. The minimum atomic E-state index is -0.748. The van der Waals surface area contributed by atoms with E-state index in [0.29, 0.717) is 12.3 Å². The summed E-state index contributed by atoms with van der Waals surface area (Å²) in [6.07, 6.45) is 3.04. The third kappa shape index (κ3) is 5.17. The summed E-state index contributed by atoms with van der Waals surface area (Å²) in [5.74, 6) is 3.06. The second-order valence-corrected chi connectivity index (χ2v) is 6.17. The molecule has 1 aromatic heterocycles. The Morgan fingerprint density at radius 3 is 2.35 bits per heavy atom. The van der Waals surface area contributed by atoms with Gasteiger partial charge in [0.1, 0.15) is 17.5 Å². The van der Waals surface area contributed by atoms with Gasteiger partial charge in [-0.25, -0.2) is 9.97 Å². The average molecular weight is 298 g/mol. The van der Waals surface area contributed by atoms with Crippen LogP contribution in [0.5, 0.6) is 0 Å². The lowest BCUT2D eigenvalue weighted by atomic mass is 10.1. The standard InChI is InChI=1S/C14H26N4OS/c1-6-7-15-12-10(2)13(18-11(3)17-12)16-8-14(4,19)9-20-5/h19H,6-9H2,1-5H3,(H2,15,16,17,18). The first-order valence-corrected chi connectivity index (χ1v) is 8.33. The number of aryl methyl sites for hydroxylation is 1. The van der Waals surface area contributed by atoms with Crippen LogP contribution in [0.1, 0.15) is 31.7 Å². The topological polar surface area (TPSA) is 70.1 Å². The van der Waals surface area contributed by atoms with Gasteiger partial charge in [-0.15, -0.1) is 0 Å². The zero-order chi connectivity index (χ0) is 15.2. The van der Waals surface area contributed by atoms with Gasteiger partial charge in [0.2, 0.25) is 0 Å². The summed E-state index contributed by atoms with van der Waals surface area (Å²) in [6.45, 7) is 9.18. The second-order valence-electron chi connectivity index (χ2n) is 5.30. The van der Waals surface area contributed by atoms with Crippen LogP contribution in [0, 0.1) is 13.8 Å². The maximum Gasteiger partial charge on any atom is 0.134 e. The van der Waals surface area contributed by atoms with E-state index in [0.717, 1.165) is 36.0 Å². The molecule has 0 aliphatic heterocycles. The molecule has 0 bridgehead atoms. The smallest absolute Gasteiger partial charge is 0.134 e. The fraction of sp³-hybridized carbons (Fsp3) is 0.714. The highest BCUT2D eigenvalue weighted by Gasteiger charge is 2.20. The maximum absolute atomic E-state index is 10.2. The summed E-state index contributed by atoms with van der Waals surface area (Å²) in [6, 6.07) is 0. The number of nitrogens with zero attached hydrogens (tertiary/aromatic N) is 2. The van der Waals surface area contributed by atoms with Gasteiger partial charge in [0.05, 0.1) is 5.60 Å². The minimum absolute atomic E-state index is 0.471. The molecule has 6 heteroatoms. The van der Waals surface area contributed by atoms with Gasteiger partial charge in [-0.3, -0.25) is 0 Å². The van der Waals surface area contributed by atoms with Gasteiger partial charge in [-0.2, -0.15) is 11.8 Å². The van der Waals surface area contributed by atoms with E-state index in [1.807, 2.05) is 27.0 Å². The molecule has 0 saturated heterocycles. The van der Waals surface area contributed by atoms with Gasteiger partial charge in [0.25, 0.3) is 0 Å². The number of thioether (sulfide) groups is 1. The first-order valence-electron chi connectivity index (χ1n) is 6.94. The molecule has 0 saturated carbocycles. The van der Waals surface area contributed by atoms with E-state index in [1.54, 1.807) is 11.8 Å². The van der Waals surface area contributed by atoms with Crippen LogP contribution in [0.3, 0.4) is 0 Å². The van der Waals surface area contributed by atoms with Crippen molar-refractivity contribution in [3.8, 4) is 0 Å². The molecule has 0 amide bonds. The quantitative estimate of drug-likeness (QED) is 0.685. The lowest BCUT2D eigenvalue weighted by Gasteiger charge is -2.23. The molecular formula is C14H26N4OS. The molecule has 1 aromatic rings. The van der Waals surface area contributed by atoms with Crippen molar-refractivity contribution in [3.63, 3.8) is 0 Å². The summed E-state index contributed by atoms with van der Waals surface area (Å²) in [5, 5.41) is 16.8. The van der Waals surface area contributed by atoms with Crippen molar-refractivity contribution in [2.24, 2.45) is 0 Å². The van der Waals surface area contributed by atoms with Gasteiger partial charge in [0.15, 0.2) is 0 Å². The Bertz CT molecular complexity index is 437. The lowest BCUT2D eigenvalue weighted by molar-refractivity contribution is 0.0996. The molecule has 0 fully saturated rings. The van der Waals surface area contributed by atoms with E-state index in [4.69, 9.17) is 0 Å². The van der Waals surface area contributed by atoms with Crippen LogP contribution in [0.2, 0.25) is 0 Å². The van der Waals surface area contributed by atoms with Crippen LogP contribution in [-0.2, 0) is 0 Å². The molecule has 20 heavy (non-hydrogen) atoms. The maximum atomic E-state index is 10.2. The van der Waals surface area contributed by atoms with Crippen LogP contribution < -0.4 is 10.6 Å². The predicted molar refractivity (Wildman–Crippen MR) is 87.8 cm³/mol. The summed E-state index contributed by atoms with van der Waals surface area (Å²) >= 11 is 1.63. The number of anilines is 2. The van der Waals surface area contributed by atoms with Gasteiger partial charge in [-0.05, 0) is 33.4 Å². The van der Waals surface area contributed by atoms with E-state index in [2.05, 4.69) is 27.5 Å².